The summed E-state index contributed by atoms with van der Waals surface area (Å²) >= 11 is 0. The van der Waals surface area contributed by atoms with Crippen molar-refractivity contribution in [3.05, 3.63) is 77.6 Å². The Morgan fingerprint density at radius 1 is 0.950 bits per heavy atom. The van der Waals surface area contributed by atoms with E-state index in [1.54, 1.807) is 30.6 Å². The minimum absolute atomic E-state index is 0.336. The molecule has 20 heavy (non-hydrogen) atoms. The third-order valence-corrected chi connectivity index (χ3v) is 3.28. The minimum Gasteiger partial charge on any atom is -0.383 e. The maximum atomic E-state index is 13.8. The first-order chi connectivity index (χ1) is 9.68. The second-order valence-corrected chi connectivity index (χ2v) is 4.48. The molecule has 1 aromatic heterocycles. The zero-order valence-corrected chi connectivity index (χ0v) is 10.4. The van der Waals surface area contributed by atoms with Crippen molar-refractivity contribution in [2.24, 2.45) is 0 Å². The molecule has 0 amide bonds. The molecule has 3 aromatic rings. The van der Waals surface area contributed by atoms with Crippen LogP contribution in [0.1, 0.15) is 17.2 Å². The lowest BCUT2D eigenvalue weighted by molar-refractivity contribution is 0.210. The third kappa shape index (κ3) is 2.04. The van der Waals surface area contributed by atoms with Crippen LogP contribution in [0.5, 0.6) is 0 Å². The van der Waals surface area contributed by atoms with Gasteiger partial charge in [-0.05, 0) is 29.1 Å². The van der Waals surface area contributed by atoms with Gasteiger partial charge >= 0.3 is 0 Å². The Kier molecular flexibility index (Phi) is 3.16. The second-order valence-electron chi connectivity index (χ2n) is 4.48. The maximum absolute atomic E-state index is 13.8. The van der Waals surface area contributed by atoms with Crippen molar-refractivity contribution >= 4 is 10.8 Å². The van der Waals surface area contributed by atoms with Gasteiger partial charge in [0.1, 0.15) is 17.7 Å². The molecule has 0 bridgehead atoms. The highest BCUT2D eigenvalue weighted by atomic mass is 19.1. The van der Waals surface area contributed by atoms with Gasteiger partial charge in [-0.25, -0.2) is 8.78 Å². The quantitative estimate of drug-likeness (QED) is 0.772. The standard InChI is InChI=1S/C16H11F2NO/c17-13-5-2-6-14(18)15(13)16(20)12-4-1-3-10-9-19-8-7-11(10)12/h1-9,16,20H. The van der Waals surface area contributed by atoms with Crippen LogP contribution in [0, 0.1) is 11.6 Å². The van der Waals surface area contributed by atoms with Crippen LogP contribution in [0.4, 0.5) is 8.78 Å². The van der Waals surface area contributed by atoms with E-state index in [4.69, 9.17) is 0 Å². The summed E-state index contributed by atoms with van der Waals surface area (Å²) in [6.07, 6.45) is 1.86. The molecule has 1 heterocycles. The molecule has 0 saturated heterocycles. The lowest BCUT2D eigenvalue weighted by atomic mass is 9.96. The molecule has 3 rings (SSSR count). The van der Waals surface area contributed by atoms with Gasteiger partial charge < -0.3 is 5.11 Å². The van der Waals surface area contributed by atoms with E-state index in [1.165, 1.54) is 6.07 Å². The number of aliphatic hydroxyl groups is 1. The van der Waals surface area contributed by atoms with Crippen molar-refractivity contribution in [2.45, 2.75) is 6.10 Å². The zero-order valence-electron chi connectivity index (χ0n) is 10.4. The highest BCUT2D eigenvalue weighted by molar-refractivity contribution is 5.85. The summed E-state index contributed by atoms with van der Waals surface area (Å²) in [5, 5.41) is 11.9. The van der Waals surface area contributed by atoms with Gasteiger partial charge in [0.2, 0.25) is 0 Å². The molecule has 0 aliphatic carbocycles. The predicted octanol–water partition coefficient (Wildman–Crippen LogP) is 3.59. The van der Waals surface area contributed by atoms with Crippen LogP contribution in [0.15, 0.2) is 54.9 Å². The number of hydrogen-bond acceptors (Lipinski definition) is 2. The van der Waals surface area contributed by atoms with E-state index >= 15 is 0 Å². The molecular formula is C16H11F2NO. The fraction of sp³-hybridized carbons (Fsp3) is 0.0625. The van der Waals surface area contributed by atoms with Gasteiger partial charge in [-0.15, -0.1) is 0 Å². The summed E-state index contributed by atoms with van der Waals surface area (Å²) in [5.41, 5.74) is 0.116. The first-order valence-corrected chi connectivity index (χ1v) is 6.13. The van der Waals surface area contributed by atoms with E-state index in [0.29, 0.717) is 5.56 Å². The number of nitrogens with zero attached hydrogens (tertiary/aromatic N) is 1. The van der Waals surface area contributed by atoms with E-state index in [0.717, 1.165) is 22.9 Å². The normalized spacial score (nSPS) is 12.6. The maximum Gasteiger partial charge on any atom is 0.132 e. The highest BCUT2D eigenvalue weighted by Crippen LogP contribution is 2.31. The number of hydrogen-bond donors (Lipinski definition) is 1. The Hall–Kier alpha value is -2.33. The van der Waals surface area contributed by atoms with Crippen LogP contribution in [0.2, 0.25) is 0 Å². The average Bonchev–Trinajstić information content (AvgIpc) is 2.46. The molecule has 0 aliphatic rings. The summed E-state index contributed by atoms with van der Waals surface area (Å²) in [6.45, 7) is 0. The Bertz CT molecular complexity index is 748. The van der Waals surface area contributed by atoms with Crippen molar-refractivity contribution in [1.29, 1.82) is 0 Å². The fourth-order valence-corrected chi connectivity index (χ4v) is 2.31. The number of benzene rings is 2. The van der Waals surface area contributed by atoms with Crippen molar-refractivity contribution in [1.82, 2.24) is 4.98 Å². The van der Waals surface area contributed by atoms with Gasteiger partial charge in [-0.1, -0.05) is 24.3 Å². The number of pyridine rings is 1. The van der Waals surface area contributed by atoms with E-state index in [9.17, 15) is 13.9 Å². The largest absolute Gasteiger partial charge is 0.383 e. The van der Waals surface area contributed by atoms with Gasteiger partial charge in [-0.3, -0.25) is 4.98 Å². The third-order valence-electron chi connectivity index (χ3n) is 3.28. The van der Waals surface area contributed by atoms with Crippen LogP contribution >= 0.6 is 0 Å². The van der Waals surface area contributed by atoms with Crippen molar-refractivity contribution < 1.29 is 13.9 Å². The first-order valence-electron chi connectivity index (χ1n) is 6.13. The Morgan fingerprint density at radius 3 is 2.40 bits per heavy atom. The van der Waals surface area contributed by atoms with E-state index in [1.807, 2.05) is 6.07 Å². The molecule has 4 heteroatoms. The summed E-state index contributed by atoms with van der Waals surface area (Å²) in [7, 11) is 0. The Morgan fingerprint density at radius 2 is 1.65 bits per heavy atom. The second kappa shape index (κ2) is 4.98. The molecule has 1 atom stereocenters. The number of aliphatic hydroxyl groups excluding tert-OH is 1. The summed E-state index contributed by atoms with van der Waals surface area (Å²) < 4.78 is 27.5. The van der Waals surface area contributed by atoms with Crippen LogP contribution in [0.25, 0.3) is 10.8 Å². The number of aromatic nitrogens is 1. The van der Waals surface area contributed by atoms with Gasteiger partial charge in [0.25, 0.3) is 0 Å². The average molecular weight is 271 g/mol. The molecule has 0 saturated carbocycles. The van der Waals surface area contributed by atoms with Gasteiger partial charge in [0.15, 0.2) is 0 Å². The Labute approximate surface area is 114 Å². The van der Waals surface area contributed by atoms with Crippen LogP contribution in [-0.2, 0) is 0 Å². The molecule has 100 valence electrons. The molecule has 1 N–H and O–H groups in total. The summed E-state index contributed by atoms with van der Waals surface area (Å²) in [6, 6.07) is 10.5. The number of rotatable bonds is 2. The number of fused-ring (bicyclic) bond motifs is 1. The van der Waals surface area contributed by atoms with Crippen molar-refractivity contribution in [3.63, 3.8) is 0 Å². The molecule has 0 radical (unpaired) electrons. The molecule has 2 aromatic carbocycles. The molecule has 0 fully saturated rings. The summed E-state index contributed by atoms with van der Waals surface area (Å²) in [4.78, 5) is 3.99. The van der Waals surface area contributed by atoms with Crippen LogP contribution in [0.3, 0.4) is 0 Å². The summed E-state index contributed by atoms with van der Waals surface area (Å²) in [5.74, 6) is -1.52. The predicted molar refractivity (Wildman–Crippen MR) is 72.2 cm³/mol. The first kappa shape index (κ1) is 12.7. The fourth-order valence-electron chi connectivity index (χ4n) is 2.31. The topological polar surface area (TPSA) is 33.1 Å². The van der Waals surface area contributed by atoms with E-state index in [2.05, 4.69) is 4.98 Å². The lowest BCUT2D eigenvalue weighted by Crippen LogP contribution is -2.06. The highest BCUT2D eigenvalue weighted by Gasteiger charge is 2.20. The number of halogens is 2. The van der Waals surface area contributed by atoms with Crippen LogP contribution in [-0.4, -0.2) is 10.1 Å². The SMILES string of the molecule is OC(c1c(F)cccc1F)c1cccc2cnccc12. The monoisotopic (exact) mass is 271 g/mol. The zero-order chi connectivity index (χ0) is 14.1. The molecule has 0 spiro atoms. The van der Waals surface area contributed by atoms with Crippen LogP contribution < -0.4 is 0 Å². The lowest BCUT2D eigenvalue weighted by Gasteiger charge is -2.15. The van der Waals surface area contributed by atoms with Crippen molar-refractivity contribution in [2.75, 3.05) is 0 Å². The molecule has 2 nitrogen and oxygen atoms in total. The van der Waals surface area contributed by atoms with E-state index < -0.39 is 17.7 Å². The van der Waals surface area contributed by atoms with Crippen molar-refractivity contribution in [3.8, 4) is 0 Å². The van der Waals surface area contributed by atoms with Gasteiger partial charge in [0.05, 0.1) is 5.56 Å². The Balaban J connectivity index is 2.21. The van der Waals surface area contributed by atoms with Gasteiger partial charge in [-0.2, -0.15) is 0 Å². The minimum atomic E-state index is -1.36. The van der Waals surface area contributed by atoms with E-state index in [-0.39, 0.29) is 5.56 Å². The molecule has 0 aliphatic heterocycles. The smallest absolute Gasteiger partial charge is 0.132 e. The molecule has 1 unspecified atom stereocenters. The van der Waals surface area contributed by atoms with Gasteiger partial charge in [0, 0.05) is 17.8 Å². The molecular weight excluding hydrogens is 260 g/mol.